The van der Waals surface area contributed by atoms with Gasteiger partial charge in [-0.3, -0.25) is 0 Å². The molecule has 0 aromatic carbocycles. The number of nitrogens with zero attached hydrogens (tertiary/aromatic N) is 2. The van der Waals surface area contributed by atoms with E-state index in [2.05, 4.69) is 18.7 Å². The molecule has 0 unspecified atom stereocenters. The lowest BCUT2D eigenvalue weighted by atomic mass is 9.93. The first-order chi connectivity index (χ1) is 9.28. The van der Waals surface area contributed by atoms with Crippen molar-refractivity contribution in [3.63, 3.8) is 0 Å². The zero-order valence-electron chi connectivity index (χ0n) is 12.3. The standard InChI is InChI=1S/C15H27N3S/c1-3-5-12-7-9-18(10-8-12)15-17-13(6-4-2)14(11-16)19-15/h12H,3-11,16H2,1-2H3. The van der Waals surface area contributed by atoms with Gasteiger partial charge >= 0.3 is 0 Å². The number of thiazole rings is 1. The molecule has 0 bridgehead atoms. The van der Waals surface area contributed by atoms with Gasteiger partial charge in [0.15, 0.2) is 5.13 Å². The highest BCUT2D eigenvalue weighted by atomic mass is 32.1. The molecular weight excluding hydrogens is 254 g/mol. The molecule has 2 rings (SSSR count). The van der Waals surface area contributed by atoms with Crippen LogP contribution >= 0.6 is 11.3 Å². The lowest BCUT2D eigenvalue weighted by molar-refractivity contribution is 0.378. The monoisotopic (exact) mass is 281 g/mol. The predicted octanol–water partition coefficient (Wildman–Crippen LogP) is 3.57. The van der Waals surface area contributed by atoms with Crippen LogP contribution in [0.4, 0.5) is 5.13 Å². The second kappa shape index (κ2) is 7.25. The summed E-state index contributed by atoms with van der Waals surface area (Å²) in [6.45, 7) is 7.48. The molecule has 1 aromatic heterocycles. The number of anilines is 1. The van der Waals surface area contributed by atoms with Crippen LogP contribution in [0.1, 0.15) is 56.5 Å². The maximum absolute atomic E-state index is 5.84. The van der Waals surface area contributed by atoms with E-state index in [1.165, 1.54) is 54.5 Å². The molecule has 1 aliphatic rings. The SMILES string of the molecule is CCCc1nc(N2CCC(CCC)CC2)sc1CN. The van der Waals surface area contributed by atoms with Crippen molar-refractivity contribution < 1.29 is 0 Å². The topological polar surface area (TPSA) is 42.2 Å². The molecule has 2 N–H and O–H groups in total. The van der Waals surface area contributed by atoms with Gasteiger partial charge in [0.05, 0.1) is 5.69 Å². The van der Waals surface area contributed by atoms with Gasteiger partial charge in [-0.25, -0.2) is 4.98 Å². The summed E-state index contributed by atoms with van der Waals surface area (Å²) in [5.74, 6) is 0.935. The summed E-state index contributed by atoms with van der Waals surface area (Å²) in [4.78, 5) is 8.58. The third-order valence-corrected chi connectivity index (χ3v) is 5.20. The smallest absolute Gasteiger partial charge is 0.185 e. The van der Waals surface area contributed by atoms with Crippen LogP contribution in [0.15, 0.2) is 0 Å². The molecule has 108 valence electrons. The number of rotatable bonds is 6. The van der Waals surface area contributed by atoms with E-state index < -0.39 is 0 Å². The van der Waals surface area contributed by atoms with Gasteiger partial charge in [-0.15, -0.1) is 11.3 Å². The molecule has 3 nitrogen and oxygen atoms in total. The summed E-state index contributed by atoms with van der Waals surface area (Å²) in [6, 6.07) is 0. The average molecular weight is 281 g/mol. The second-order valence-corrected chi connectivity index (χ2v) is 6.60. The second-order valence-electron chi connectivity index (χ2n) is 5.54. The molecule has 2 heterocycles. The molecule has 0 radical (unpaired) electrons. The van der Waals surface area contributed by atoms with Crippen molar-refractivity contribution in [2.45, 2.75) is 58.9 Å². The van der Waals surface area contributed by atoms with Crippen molar-refractivity contribution in [3.05, 3.63) is 10.6 Å². The Hall–Kier alpha value is -0.610. The Morgan fingerprint density at radius 3 is 2.58 bits per heavy atom. The lowest BCUT2D eigenvalue weighted by Crippen LogP contribution is -2.33. The summed E-state index contributed by atoms with van der Waals surface area (Å²) in [5.41, 5.74) is 7.07. The molecule has 0 spiro atoms. The molecule has 1 saturated heterocycles. The highest BCUT2D eigenvalue weighted by Crippen LogP contribution is 2.31. The van der Waals surface area contributed by atoms with Crippen LogP contribution in [-0.4, -0.2) is 18.1 Å². The van der Waals surface area contributed by atoms with Crippen LogP contribution in [0, 0.1) is 5.92 Å². The molecular formula is C15H27N3S. The van der Waals surface area contributed by atoms with Crippen LogP contribution in [0.3, 0.4) is 0 Å². The third-order valence-electron chi connectivity index (χ3n) is 4.02. The minimum Gasteiger partial charge on any atom is -0.348 e. The van der Waals surface area contributed by atoms with Crippen LogP contribution in [0.2, 0.25) is 0 Å². The number of hydrogen-bond donors (Lipinski definition) is 1. The van der Waals surface area contributed by atoms with Gasteiger partial charge in [0.1, 0.15) is 0 Å². The van der Waals surface area contributed by atoms with Gasteiger partial charge < -0.3 is 10.6 Å². The first-order valence-electron chi connectivity index (χ1n) is 7.72. The molecule has 0 saturated carbocycles. The fourth-order valence-corrected chi connectivity index (χ4v) is 3.95. The van der Waals surface area contributed by atoms with E-state index in [4.69, 9.17) is 10.7 Å². The molecule has 1 aliphatic heterocycles. The van der Waals surface area contributed by atoms with E-state index in [9.17, 15) is 0 Å². The number of piperidine rings is 1. The Morgan fingerprint density at radius 1 is 1.26 bits per heavy atom. The number of aromatic nitrogens is 1. The Bertz CT molecular complexity index is 381. The summed E-state index contributed by atoms with van der Waals surface area (Å²) in [7, 11) is 0. The van der Waals surface area contributed by atoms with E-state index in [-0.39, 0.29) is 0 Å². The van der Waals surface area contributed by atoms with E-state index in [1.54, 1.807) is 0 Å². The largest absolute Gasteiger partial charge is 0.348 e. The first kappa shape index (κ1) is 14.8. The molecule has 0 atom stereocenters. The molecule has 1 aromatic rings. The van der Waals surface area contributed by atoms with Gasteiger partial charge in [-0.2, -0.15) is 0 Å². The summed E-state index contributed by atoms with van der Waals surface area (Å²) < 4.78 is 0. The maximum Gasteiger partial charge on any atom is 0.185 e. The highest BCUT2D eigenvalue weighted by molar-refractivity contribution is 7.15. The van der Waals surface area contributed by atoms with Crippen molar-refractivity contribution >= 4 is 16.5 Å². The number of hydrogen-bond acceptors (Lipinski definition) is 4. The van der Waals surface area contributed by atoms with Crippen LogP contribution < -0.4 is 10.6 Å². The van der Waals surface area contributed by atoms with Gasteiger partial charge in [0, 0.05) is 24.5 Å². The molecule has 1 fully saturated rings. The Balaban J connectivity index is 1.99. The highest BCUT2D eigenvalue weighted by Gasteiger charge is 2.21. The normalized spacial score (nSPS) is 17.1. The third kappa shape index (κ3) is 3.69. The van der Waals surface area contributed by atoms with E-state index >= 15 is 0 Å². The number of aryl methyl sites for hydroxylation is 1. The van der Waals surface area contributed by atoms with Crippen molar-refractivity contribution in [1.29, 1.82) is 0 Å². The van der Waals surface area contributed by atoms with E-state index in [1.807, 2.05) is 11.3 Å². The fraction of sp³-hybridized carbons (Fsp3) is 0.800. The van der Waals surface area contributed by atoms with Crippen LogP contribution in [0.25, 0.3) is 0 Å². The van der Waals surface area contributed by atoms with Gasteiger partial charge in [-0.1, -0.05) is 33.1 Å². The Kier molecular flexibility index (Phi) is 5.64. The zero-order valence-corrected chi connectivity index (χ0v) is 13.1. The summed E-state index contributed by atoms with van der Waals surface area (Å²) >= 11 is 1.81. The fourth-order valence-electron chi connectivity index (χ4n) is 2.92. The minimum absolute atomic E-state index is 0.638. The molecule has 19 heavy (non-hydrogen) atoms. The van der Waals surface area contributed by atoms with Crippen molar-refractivity contribution in [1.82, 2.24) is 4.98 Å². The van der Waals surface area contributed by atoms with E-state index in [0.717, 1.165) is 18.8 Å². The van der Waals surface area contributed by atoms with Gasteiger partial charge in [0.25, 0.3) is 0 Å². The van der Waals surface area contributed by atoms with Crippen LogP contribution in [-0.2, 0) is 13.0 Å². The van der Waals surface area contributed by atoms with Crippen molar-refractivity contribution in [2.24, 2.45) is 11.7 Å². The predicted molar refractivity (Wildman–Crippen MR) is 83.8 cm³/mol. The molecule has 0 amide bonds. The Morgan fingerprint density at radius 2 is 2.00 bits per heavy atom. The average Bonchev–Trinajstić information content (AvgIpc) is 2.84. The molecule has 4 heteroatoms. The number of nitrogens with two attached hydrogens (primary N) is 1. The maximum atomic E-state index is 5.84. The van der Waals surface area contributed by atoms with Gasteiger partial charge in [0.2, 0.25) is 0 Å². The first-order valence-corrected chi connectivity index (χ1v) is 8.53. The zero-order chi connectivity index (χ0) is 13.7. The summed E-state index contributed by atoms with van der Waals surface area (Å²) in [6.07, 6.45) is 7.58. The minimum atomic E-state index is 0.638. The molecule has 0 aliphatic carbocycles. The van der Waals surface area contributed by atoms with Crippen molar-refractivity contribution in [3.8, 4) is 0 Å². The quantitative estimate of drug-likeness (QED) is 0.866. The Labute approximate surface area is 121 Å². The van der Waals surface area contributed by atoms with Crippen molar-refractivity contribution in [2.75, 3.05) is 18.0 Å². The lowest BCUT2D eigenvalue weighted by Gasteiger charge is -2.31. The summed E-state index contributed by atoms with van der Waals surface area (Å²) in [5, 5.41) is 1.21. The van der Waals surface area contributed by atoms with Gasteiger partial charge in [-0.05, 0) is 25.2 Å². The van der Waals surface area contributed by atoms with Crippen LogP contribution in [0.5, 0.6) is 0 Å². The van der Waals surface area contributed by atoms with E-state index in [0.29, 0.717) is 6.54 Å².